The molecular formula is C9H9FN4. The lowest BCUT2D eigenvalue weighted by atomic mass is 10.1. The molecule has 1 heterocycles. The lowest BCUT2D eigenvalue weighted by molar-refractivity contribution is 0.621. The van der Waals surface area contributed by atoms with Crippen LogP contribution in [0.4, 0.5) is 10.3 Å². The fourth-order valence-corrected chi connectivity index (χ4v) is 1.23. The molecule has 0 radical (unpaired) electrons. The van der Waals surface area contributed by atoms with Gasteiger partial charge in [-0.2, -0.15) is 4.98 Å². The predicted octanol–water partition coefficient (Wildman–Crippen LogP) is 1.50. The summed E-state index contributed by atoms with van der Waals surface area (Å²) in [5.74, 6) is 0.160. The number of nitrogens with two attached hydrogens (primary N) is 1. The van der Waals surface area contributed by atoms with Gasteiger partial charge in [0.15, 0.2) is 5.82 Å². The number of benzene rings is 1. The number of aryl methyl sites for hydroxylation is 1. The zero-order valence-electron chi connectivity index (χ0n) is 7.58. The van der Waals surface area contributed by atoms with Gasteiger partial charge in [-0.05, 0) is 18.6 Å². The molecule has 5 heteroatoms. The first-order chi connectivity index (χ1) is 6.68. The molecule has 1 aromatic carbocycles. The van der Waals surface area contributed by atoms with Gasteiger partial charge in [0.2, 0.25) is 5.95 Å². The van der Waals surface area contributed by atoms with Crippen LogP contribution in [-0.4, -0.2) is 15.2 Å². The Morgan fingerprint density at radius 1 is 1.43 bits per heavy atom. The first-order valence-corrected chi connectivity index (χ1v) is 4.12. The fraction of sp³-hybridized carbons (Fsp3) is 0.111. The maximum atomic E-state index is 13.6. The highest BCUT2D eigenvalue weighted by atomic mass is 19.1. The van der Waals surface area contributed by atoms with E-state index in [9.17, 15) is 4.39 Å². The fourth-order valence-electron chi connectivity index (χ4n) is 1.23. The standard InChI is InChI=1S/C9H9FN4/c1-5-3-2-4-6(7(5)10)8-12-9(11)14-13-8/h2-4H,1H3,(H3,11,12,13,14). The summed E-state index contributed by atoms with van der Waals surface area (Å²) in [4.78, 5) is 3.85. The van der Waals surface area contributed by atoms with Gasteiger partial charge in [-0.25, -0.2) is 4.39 Å². The molecule has 1 aromatic heterocycles. The van der Waals surface area contributed by atoms with Crippen molar-refractivity contribution in [1.82, 2.24) is 15.2 Å². The van der Waals surface area contributed by atoms with Crippen molar-refractivity contribution < 1.29 is 4.39 Å². The summed E-state index contributed by atoms with van der Waals surface area (Å²) in [6.07, 6.45) is 0. The Labute approximate surface area is 80.0 Å². The number of aromatic amines is 1. The quantitative estimate of drug-likeness (QED) is 0.719. The number of nitrogens with one attached hydrogen (secondary N) is 1. The Kier molecular flexibility index (Phi) is 1.92. The number of rotatable bonds is 1. The summed E-state index contributed by atoms with van der Waals surface area (Å²) in [5.41, 5.74) is 6.28. The lowest BCUT2D eigenvalue weighted by Gasteiger charge is -2.00. The van der Waals surface area contributed by atoms with Crippen molar-refractivity contribution in [3.05, 3.63) is 29.6 Å². The summed E-state index contributed by atoms with van der Waals surface area (Å²) in [6.45, 7) is 1.69. The molecule has 2 aromatic rings. The zero-order valence-corrected chi connectivity index (χ0v) is 7.58. The smallest absolute Gasteiger partial charge is 0.239 e. The van der Waals surface area contributed by atoms with Crippen molar-refractivity contribution in [3.8, 4) is 11.4 Å². The molecular weight excluding hydrogens is 183 g/mol. The van der Waals surface area contributed by atoms with E-state index in [-0.39, 0.29) is 11.8 Å². The number of H-pyrrole nitrogens is 1. The predicted molar refractivity (Wildman–Crippen MR) is 50.9 cm³/mol. The van der Waals surface area contributed by atoms with E-state index in [0.29, 0.717) is 17.0 Å². The third-order valence-corrected chi connectivity index (χ3v) is 1.95. The minimum atomic E-state index is -0.302. The van der Waals surface area contributed by atoms with E-state index in [2.05, 4.69) is 15.2 Å². The molecule has 0 aliphatic carbocycles. The van der Waals surface area contributed by atoms with Crippen LogP contribution < -0.4 is 5.73 Å². The Hall–Kier alpha value is -1.91. The van der Waals surface area contributed by atoms with Gasteiger partial charge in [0, 0.05) is 0 Å². The number of anilines is 1. The lowest BCUT2D eigenvalue weighted by Crippen LogP contribution is -1.90. The van der Waals surface area contributed by atoms with E-state index >= 15 is 0 Å². The van der Waals surface area contributed by atoms with E-state index in [4.69, 9.17) is 5.73 Å². The van der Waals surface area contributed by atoms with Crippen molar-refractivity contribution in [1.29, 1.82) is 0 Å². The molecule has 0 saturated heterocycles. The second-order valence-electron chi connectivity index (χ2n) is 2.98. The molecule has 0 bridgehead atoms. The molecule has 0 amide bonds. The average Bonchev–Trinajstić information content (AvgIpc) is 2.57. The molecule has 4 nitrogen and oxygen atoms in total. The molecule has 0 fully saturated rings. The van der Waals surface area contributed by atoms with E-state index in [0.717, 1.165) is 0 Å². The number of nitrogen functional groups attached to an aromatic ring is 1. The molecule has 72 valence electrons. The summed E-state index contributed by atoms with van der Waals surface area (Å²) in [5, 5.41) is 6.20. The number of hydrogen-bond acceptors (Lipinski definition) is 3. The Morgan fingerprint density at radius 2 is 2.21 bits per heavy atom. The van der Waals surface area contributed by atoms with Crippen molar-refractivity contribution in [2.24, 2.45) is 0 Å². The van der Waals surface area contributed by atoms with Crippen LogP contribution in [0.1, 0.15) is 5.56 Å². The van der Waals surface area contributed by atoms with Gasteiger partial charge < -0.3 is 5.73 Å². The molecule has 2 rings (SSSR count). The molecule has 0 saturated carbocycles. The second kappa shape index (κ2) is 3.10. The maximum absolute atomic E-state index is 13.6. The highest BCUT2D eigenvalue weighted by molar-refractivity contribution is 5.57. The highest BCUT2D eigenvalue weighted by Crippen LogP contribution is 2.21. The largest absolute Gasteiger partial charge is 0.366 e. The topological polar surface area (TPSA) is 67.6 Å². The molecule has 0 aliphatic heterocycles. The maximum Gasteiger partial charge on any atom is 0.239 e. The van der Waals surface area contributed by atoms with Gasteiger partial charge in [0.05, 0.1) is 5.56 Å². The molecule has 14 heavy (non-hydrogen) atoms. The monoisotopic (exact) mass is 192 g/mol. The number of halogens is 1. The SMILES string of the molecule is Cc1cccc(-c2nc(N)n[nH]2)c1F. The van der Waals surface area contributed by atoms with Crippen LogP contribution in [0, 0.1) is 12.7 Å². The Balaban J connectivity index is 2.57. The van der Waals surface area contributed by atoms with Crippen LogP contribution in [0.3, 0.4) is 0 Å². The number of aromatic nitrogens is 3. The average molecular weight is 192 g/mol. The van der Waals surface area contributed by atoms with E-state index in [1.165, 1.54) is 0 Å². The van der Waals surface area contributed by atoms with Crippen LogP contribution in [0.25, 0.3) is 11.4 Å². The Morgan fingerprint density at radius 3 is 2.86 bits per heavy atom. The molecule has 0 unspecified atom stereocenters. The summed E-state index contributed by atoms with van der Waals surface area (Å²) in [6, 6.07) is 5.08. The normalized spacial score (nSPS) is 10.4. The minimum Gasteiger partial charge on any atom is -0.366 e. The third-order valence-electron chi connectivity index (χ3n) is 1.95. The molecule has 3 N–H and O–H groups in total. The zero-order chi connectivity index (χ0) is 10.1. The second-order valence-corrected chi connectivity index (χ2v) is 2.98. The highest BCUT2D eigenvalue weighted by Gasteiger charge is 2.10. The van der Waals surface area contributed by atoms with E-state index in [1.807, 2.05) is 0 Å². The van der Waals surface area contributed by atoms with Gasteiger partial charge in [0.25, 0.3) is 0 Å². The van der Waals surface area contributed by atoms with Crippen LogP contribution >= 0.6 is 0 Å². The Bertz CT molecular complexity index is 464. The molecule has 0 spiro atoms. The van der Waals surface area contributed by atoms with Crippen LogP contribution in [-0.2, 0) is 0 Å². The van der Waals surface area contributed by atoms with Crippen molar-refractivity contribution >= 4 is 5.95 Å². The summed E-state index contributed by atoms with van der Waals surface area (Å²) in [7, 11) is 0. The van der Waals surface area contributed by atoms with Gasteiger partial charge in [-0.3, -0.25) is 5.10 Å². The first-order valence-electron chi connectivity index (χ1n) is 4.12. The van der Waals surface area contributed by atoms with Crippen molar-refractivity contribution in [3.63, 3.8) is 0 Å². The van der Waals surface area contributed by atoms with Crippen LogP contribution in [0.15, 0.2) is 18.2 Å². The van der Waals surface area contributed by atoms with Gasteiger partial charge in [-0.1, -0.05) is 12.1 Å². The van der Waals surface area contributed by atoms with Crippen molar-refractivity contribution in [2.75, 3.05) is 5.73 Å². The summed E-state index contributed by atoms with van der Waals surface area (Å²) < 4.78 is 13.6. The first kappa shape index (κ1) is 8.68. The van der Waals surface area contributed by atoms with Gasteiger partial charge in [0.1, 0.15) is 5.82 Å². The number of hydrogen-bond donors (Lipinski definition) is 2. The van der Waals surface area contributed by atoms with E-state index < -0.39 is 0 Å². The number of nitrogens with zero attached hydrogens (tertiary/aromatic N) is 2. The molecule has 0 atom stereocenters. The third kappa shape index (κ3) is 1.32. The van der Waals surface area contributed by atoms with Crippen LogP contribution in [0.5, 0.6) is 0 Å². The summed E-state index contributed by atoms with van der Waals surface area (Å²) >= 11 is 0. The minimum absolute atomic E-state index is 0.112. The van der Waals surface area contributed by atoms with E-state index in [1.54, 1.807) is 25.1 Å². The van der Waals surface area contributed by atoms with Crippen LogP contribution in [0.2, 0.25) is 0 Å². The van der Waals surface area contributed by atoms with Gasteiger partial charge in [-0.15, -0.1) is 5.10 Å². The van der Waals surface area contributed by atoms with Gasteiger partial charge >= 0.3 is 0 Å². The van der Waals surface area contributed by atoms with Crippen molar-refractivity contribution in [2.45, 2.75) is 6.92 Å². The molecule has 0 aliphatic rings.